The zero-order chi connectivity index (χ0) is 39.6. The van der Waals surface area contributed by atoms with Gasteiger partial charge >= 0.3 is 0 Å². The van der Waals surface area contributed by atoms with Crippen molar-refractivity contribution in [2.75, 3.05) is 18.4 Å². The lowest BCUT2D eigenvalue weighted by atomic mass is 9.83. The minimum atomic E-state index is -1.77. The molecule has 3 aromatic carbocycles. The molecule has 3 atom stereocenters. The molecule has 0 aliphatic carbocycles. The van der Waals surface area contributed by atoms with Crippen LogP contribution < -0.4 is 10.6 Å². The van der Waals surface area contributed by atoms with Crippen LogP contribution >= 0.6 is 0 Å². The Balaban J connectivity index is 1.11. The third-order valence-corrected chi connectivity index (χ3v) is 10.7. The van der Waals surface area contributed by atoms with Crippen molar-refractivity contribution in [3.63, 3.8) is 0 Å². The molecule has 55 heavy (non-hydrogen) atoms. The summed E-state index contributed by atoms with van der Waals surface area (Å²) in [5.74, 6) is 5.32. The molecule has 3 aromatic rings. The van der Waals surface area contributed by atoms with E-state index in [1.54, 1.807) is 17.0 Å². The lowest BCUT2D eigenvalue weighted by Gasteiger charge is -2.33. The second-order valence-electron chi connectivity index (χ2n) is 15.2. The molecule has 2 fully saturated rings. The number of nitrogens with one attached hydrogen (secondary N) is 2. The minimum absolute atomic E-state index is 0.0392. The van der Waals surface area contributed by atoms with Gasteiger partial charge in [0.15, 0.2) is 5.60 Å². The first-order valence-corrected chi connectivity index (χ1v) is 19.4. The second-order valence-corrected chi connectivity index (χ2v) is 15.2. The van der Waals surface area contributed by atoms with Crippen molar-refractivity contribution in [3.8, 4) is 11.8 Å². The Morgan fingerprint density at radius 2 is 1.36 bits per heavy atom. The van der Waals surface area contributed by atoms with Gasteiger partial charge in [-0.05, 0) is 112 Å². The fraction of sp³-hybridized carbons (Fsp3) is 0.391. The first-order chi connectivity index (χ1) is 26.3. The molecular formula is C46H54N4O5. The summed E-state index contributed by atoms with van der Waals surface area (Å²) in [6.07, 6.45) is 8.88. The van der Waals surface area contributed by atoms with Gasteiger partial charge in [-0.25, -0.2) is 0 Å². The molecule has 0 saturated carbocycles. The van der Waals surface area contributed by atoms with E-state index in [-0.39, 0.29) is 17.7 Å². The monoisotopic (exact) mass is 742 g/mol. The summed E-state index contributed by atoms with van der Waals surface area (Å²) >= 11 is 0. The predicted octanol–water partition coefficient (Wildman–Crippen LogP) is 6.65. The van der Waals surface area contributed by atoms with Gasteiger partial charge in [0.05, 0.1) is 5.41 Å². The molecule has 0 bridgehead atoms. The molecule has 2 saturated heterocycles. The van der Waals surface area contributed by atoms with Crippen molar-refractivity contribution in [1.29, 1.82) is 0 Å². The van der Waals surface area contributed by atoms with E-state index in [9.17, 15) is 24.3 Å². The van der Waals surface area contributed by atoms with E-state index < -0.39 is 29.0 Å². The Morgan fingerprint density at radius 3 is 1.96 bits per heavy atom. The molecule has 9 heteroatoms. The highest BCUT2D eigenvalue weighted by Crippen LogP contribution is 2.30. The summed E-state index contributed by atoms with van der Waals surface area (Å²) in [4.78, 5) is 56.7. The standard InChI is InChI=1S/C46H54N4O5/c1-6-7-8-10-15-33(2)46(5,55)44(54)50-31-14-19-40(50)42(52)48-38-28-26-35(27-29-38)21-20-34-22-24-36(25-23-34)32-47-41(51)39-18-13-30-49(39)43(53)45(3,4)37-16-11-9-12-17-37/h8-12,16-17,22-29,39-40,55H,2,6-7,13-15,18-19,30-32H2,1,3-5H3,(H,47,51)(H,48,52)/b10-8+/t39-,40-,46-/m0/s1. The summed E-state index contributed by atoms with van der Waals surface area (Å²) < 4.78 is 0. The van der Waals surface area contributed by atoms with Gasteiger partial charge in [0.2, 0.25) is 17.7 Å². The number of amides is 4. The Bertz CT molecular complexity index is 1940. The van der Waals surface area contributed by atoms with Crippen molar-refractivity contribution in [3.05, 3.63) is 125 Å². The molecule has 0 spiro atoms. The Hall–Kier alpha value is -5.46. The van der Waals surface area contributed by atoms with Crippen molar-refractivity contribution in [2.24, 2.45) is 0 Å². The third-order valence-electron chi connectivity index (χ3n) is 10.7. The van der Waals surface area contributed by atoms with Crippen molar-refractivity contribution in [2.45, 2.75) is 102 Å². The molecule has 5 rings (SSSR count). The molecule has 0 unspecified atom stereocenters. The van der Waals surface area contributed by atoms with E-state index in [1.807, 2.05) is 92.7 Å². The predicted molar refractivity (Wildman–Crippen MR) is 217 cm³/mol. The maximum absolute atomic E-state index is 13.6. The van der Waals surface area contributed by atoms with Crippen LogP contribution in [0.3, 0.4) is 0 Å². The Kier molecular flexibility index (Phi) is 13.5. The Morgan fingerprint density at radius 1 is 0.800 bits per heavy atom. The zero-order valence-electron chi connectivity index (χ0n) is 32.6. The summed E-state index contributed by atoms with van der Waals surface area (Å²) in [5, 5.41) is 17.0. The van der Waals surface area contributed by atoms with Crippen LogP contribution in [0.5, 0.6) is 0 Å². The fourth-order valence-electron chi connectivity index (χ4n) is 7.06. The molecule has 0 aromatic heterocycles. The number of hydrogen-bond donors (Lipinski definition) is 3. The number of hydrogen-bond acceptors (Lipinski definition) is 5. The van der Waals surface area contributed by atoms with Crippen LogP contribution in [0, 0.1) is 11.8 Å². The quantitative estimate of drug-likeness (QED) is 0.134. The molecule has 3 N–H and O–H groups in total. The van der Waals surface area contributed by atoms with E-state index in [1.165, 1.54) is 11.8 Å². The van der Waals surface area contributed by atoms with Crippen LogP contribution in [0.1, 0.15) is 94.9 Å². The molecule has 9 nitrogen and oxygen atoms in total. The number of likely N-dealkylation sites (tertiary alicyclic amines) is 2. The van der Waals surface area contributed by atoms with Crippen LogP contribution in [0.4, 0.5) is 5.69 Å². The van der Waals surface area contributed by atoms with Gasteiger partial charge in [-0.2, -0.15) is 0 Å². The van der Waals surface area contributed by atoms with Crippen LogP contribution in [0.25, 0.3) is 0 Å². The van der Waals surface area contributed by atoms with E-state index in [4.69, 9.17) is 0 Å². The number of anilines is 1. The smallest absolute Gasteiger partial charge is 0.259 e. The molecule has 288 valence electrons. The number of aliphatic hydroxyl groups is 1. The summed E-state index contributed by atoms with van der Waals surface area (Å²) in [7, 11) is 0. The van der Waals surface area contributed by atoms with Gasteiger partial charge in [-0.15, -0.1) is 0 Å². The third kappa shape index (κ3) is 10.00. The number of allylic oxidation sites excluding steroid dienone is 2. The van der Waals surface area contributed by atoms with Gasteiger partial charge < -0.3 is 25.5 Å². The summed E-state index contributed by atoms with van der Waals surface area (Å²) in [6.45, 7) is 12.6. The summed E-state index contributed by atoms with van der Waals surface area (Å²) in [6, 6.07) is 23.4. The topological polar surface area (TPSA) is 119 Å². The van der Waals surface area contributed by atoms with Gasteiger partial charge in [0.25, 0.3) is 5.91 Å². The van der Waals surface area contributed by atoms with Gasteiger partial charge in [0, 0.05) is 36.4 Å². The Labute approximate surface area is 325 Å². The van der Waals surface area contributed by atoms with Crippen LogP contribution in [0.2, 0.25) is 0 Å². The number of carbonyl (C=O) groups excluding carboxylic acids is 4. The number of carbonyl (C=O) groups is 4. The molecule has 2 heterocycles. The first kappa shape index (κ1) is 40.7. The van der Waals surface area contributed by atoms with Crippen LogP contribution in [0.15, 0.2) is 103 Å². The van der Waals surface area contributed by atoms with Crippen LogP contribution in [-0.4, -0.2) is 69.3 Å². The van der Waals surface area contributed by atoms with E-state index in [0.717, 1.165) is 41.5 Å². The van der Waals surface area contributed by atoms with Crippen molar-refractivity contribution < 1.29 is 24.3 Å². The second kappa shape index (κ2) is 18.2. The van der Waals surface area contributed by atoms with Gasteiger partial charge in [-0.3, -0.25) is 19.2 Å². The number of rotatable bonds is 13. The molecule has 0 radical (unpaired) electrons. The lowest BCUT2D eigenvalue weighted by molar-refractivity contribution is -0.149. The van der Waals surface area contributed by atoms with Gasteiger partial charge in [0.1, 0.15) is 12.1 Å². The highest BCUT2D eigenvalue weighted by Gasteiger charge is 2.44. The number of nitrogens with zero attached hydrogens (tertiary/aromatic N) is 2. The van der Waals surface area contributed by atoms with E-state index in [2.05, 4.69) is 36.0 Å². The average molecular weight is 743 g/mol. The van der Waals surface area contributed by atoms with Crippen LogP contribution in [-0.2, 0) is 31.1 Å². The van der Waals surface area contributed by atoms with Crippen molar-refractivity contribution in [1.82, 2.24) is 15.1 Å². The maximum Gasteiger partial charge on any atom is 0.259 e. The summed E-state index contributed by atoms with van der Waals surface area (Å²) in [5.41, 5.74) is 1.92. The normalized spacial score (nSPS) is 18.0. The van der Waals surface area contributed by atoms with Crippen molar-refractivity contribution >= 4 is 29.3 Å². The van der Waals surface area contributed by atoms with Gasteiger partial charge in [-0.1, -0.05) is 86.4 Å². The largest absolute Gasteiger partial charge is 0.376 e. The zero-order valence-corrected chi connectivity index (χ0v) is 32.6. The highest BCUT2D eigenvalue weighted by atomic mass is 16.3. The SMILES string of the molecule is C=C(C/C=C/CCC)[C@](C)(O)C(=O)N1CCC[C@H]1C(=O)Nc1ccc(C#Cc2ccc(CNC(=O)[C@@H]3CCCN3C(=O)C(C)(C)c3ccccc3)cc2)cc1. The highest BCUT2D eigenvalue weighted by molar-refractivity contribution is 5.99. The lowest BCUT2D eigenvalue weighted by Crippen LogP contribution is -2.52. The molecule has 2 aliphatic rings. The first-order valence-electron chi connectivity index (χ1n) is 19.4. The number of unbranched alkanes of at least 4 members (excludes halogenated alkanes) is 1. The molecular weight excluding hydrogens is 689 g/mol. The fourth-order valence-corrected chi connectivity index (χ4v) is 7.06. The van der Waals surface area contributed by atoms with E-state index in [0.29, 0.717) is 56.6 Å². The average Bonchev–Trinajstić information content (AvgIpc) is 3.89. The number of benzene rings is 3. The van der Waals surface area contributed by atoms with E-state index >= 15 is 0 Å². The minimum Gasteiger partial charge on any atom is -0.376 e. The maximum atomic E-state index is 13.6. The molecule has 4 amide bonds. The molecule has 2 aliphatic heterocycles.